The van der Waals surface area contributed by atoms with Crippen LogP contribution in [-0.4, -0.2) is 105 Å². The van der Waals surface area contributed by atoms with E-state index in [0.717, 1.165) is 50.5 Å². The number of likely N-dealkylation sites (N-methyl/N-ethyl adjacent to an activating group) is 1. The van der Waals surface area contributed by atoms with Gasteiger partial charge in [-0.3, -0.25) is 9.80 Å². The van der Waals surface area contributed by atoms with E-state index in [1.54, 1.807) is 18.7 Å². The summed E-state index contributed by atoms with van der Waals surface area (Å²) in [6.45, 7) is 8.47. The molecule has 0 spiro atoms. The van der Waals surface area contributed by atoms with Crippen LogP contribution in [-0.2, 0) is 9.59 Å². The van der Waals surface area contributed by atoms with Gasteiger partial charge < -0.3 is 25.3 Å². The van der Waals surface area contributed by atoms with Crippen molar-refractivity contribution in [2.75, 3.05) is 39.8 Å². The topological polar surface area (TPSA) is 99.6 Å². The number of hydrogen-bond acceptors (Lipinski definition) is 8. The van der Waals surface area contributed by atoms with Crippen LogP contribution in [0.25, 0.3) is 0 Å². The van der Waals surface area contributed by atoms with Crippen LogP contribution in [0.4, 0.5) is 0 Å². The summed E-state index contributed by atoms with van der Waals surface area (Å²) in [6.07, 6.45) is 3.64. The molecule has 0 aromatic rings. The summed E-state index contributed by atoms with van der Waals surface area (Å²) in [4.78, 5) is 29.3. The third-order valence-electron chi connectivity index (χ3n) is 7.56. The maximum Gasteiger partial charge on any atom is 0.353 e. The molecular weight excluding hydrogens is 430 g/mol. The van der Waals surface area contributed by atoms with Gasteiger partial charge in [0, 0.05) is 61.9 Å². The van der Waals surface area contributed by atoms with Crippen molar-refractivity contribution in [2.45, 2.75) is 50.1 Å². The highest BCUT2D eigenvalue weighted by Crippen LogP contribution is 2.51. The van der Waals surface area contributed by atoms with Gasteiger partial charge in [0.25, 0.3) is 0 Å². The molecule has 5 rings (SSSR count). The maximum atomic E-state index is 12.5. The first-order chi connectivity index (χ1) is 15.3. The van der Waals surface area contributed by atoms with E-state index in [-0.39, 0.29) is 28.8 Å². The van der Waals surface area contributed by atoms with E-state index in [1.165, 1.54) is 10.7 Å². The minimum absolute atomic E-state index is 0.0720. The fourth-order valence-electron chi connectivity index (χ4n) is 6.02. The first kappa shape index (κ1) is 22.1. The fourth-order valence-corrected chi connectivity index (χ4v) is 7.53. The molecule has 1 amide bonds. The van der Waals surface area contributed by atoms with Gasteiger partial charge in [0.15, 0.2) is 0 Å². The number of rotatable bonds is 6. The number of aliphatic carboxylic acids is 1. The maximum absolute atomic E-state index is 12.5. The number of carbonyl (C=O) groups excluding carboxylic acids is 1. The Bertz CT molecular complexity index is 876. The third-order valence-corrected chi connectivity index (χ3v) is 9.08. The number of aliphatic hydroxyl groups is 1. The van der Waals surface area contributed by atoms with Crippen LogP contribution in [0.1, 0.15) is 26.7 Å². The Morgan fingerprint density at radius 2 is 2.16 bits per heavy atom. The Kier molecular flexibility index (Phi) is 5.68. The standard InChI is InChI=1S/C22H33N5O4S/c1-12-18-17(13(2)28)21(29)27(18)19(22(30)31)20(12)32-15-9-14(23-10-15)11-25-6-4-7-26-16(25)5-8-24(26)3/h5,12-15,17-18,23,28H,4,6-11H2,1-3H3,(H,30,31)/t12-,13-,14+,15+,17-,18-/m1/s1. The summed E-state index contributed by atoms with van der Waals surface area (Å²) in [5.74, 6) is -0.586. The lowest BCUT2D eigenvalue weighted by molar-refractivity contribution is -0.163. The molecule has 176 valence electrons. The summed E-state index contributed by atoms with van der Waals surface area (Å²) in [6, 6.07) is 0.112. The Hall–Kier alpha value is -1.75. The molecule has 32 heavy (non-hydrogen) atoms. The number of carboxylic acid groups (broad SMARTS) is 1. The zero-order valence-corrected chi connectivity index (χ0v) is 19.7. The molecule has 3 fully saturated rings. The van der Waals surface area contributed by atoms with Crippen molar-refractivity contribution in [1.29, 1.82) is 0 Å². The number of fused-ring (bicyclic) bond motifs is 2. The number of carbonyl (C=O) groups is 2. The number of nitrogens with zero attached hydrogens (tertiary/aromatic N) is 4. The first-order valence-corrected chi connectivity index (χ1v) is 12.5. The van der Waals surface area contributed by atoms with Gasteiger partial charge >= 0.3 is 5.97 Å². The van der Waals surface area contributed by atoms with E-state index in [2.05, 4.69) is 33.4 Å². The minimum atomic E-state index is -1.05. The van der Waals surface area contributed by atoms with Crippen LogP contribution >= 0.6 is 11.8 Å². The molecule has 3 saturated heterocycles. The summed E-state index contributed by atoms with van der Waals surface area (Å²) >= 11 is 1.62. The largest absolute Gasteiger partial charge is 0.477 e. The lowest BCUT2D eigenvalue weighted by Gasteiger charge is -2.46. The van der Waals surface area contributed by atoms with Crippen LogP contribution in [0.5, 0.6) is 0 Å². The second kappa shape index (κ2) is 8.23. The van der Waals surface area contributed by atoms with E-state index in [4.69, 9.17) is 0 Å². The molecule has 0 bridgehead atoms. The molecule has 0 aromatic carbocycles. The van der Waals surface area contributed by atoms with Crippen LogP contribution in [0.3, 0.4) is 0 Å². The molecule has 0 aromatic heterocycles. The lowest BCUT2D eigenvalue weighted by atomic mass is 9.79. The number of amides is 1. The number of nitrogens with one attached hydrogen (secondary N) is 1. The van der Waals surface area contributed by atoms with E-state index in [9.17, 15) is 19.8 Å². The highest BCUT2D eigenvalue weighted by molar-refractivity contribution is 8.03. The van der Waals surface area contributed by atoms with E-state index in [1.807, 2.05) is 6.92 Å². The molecule has 9 nitrogen and oxygen atoms in total. The van der Waals surface area contributed by atoms with Crippen molar-refractivity contribution in [3.8, 4) is 0 Å². The van der Waals surface area contributed by atoms with Crippen LogP contribution in [0.15, 0.2) is 22.5 Å². The van der Waals surface area contributed by atoms with Gasteiger partial charge in [0.1, 0.15) is 11.5 Å². The molecule has 0 saturated carbocycles. The highest BCUT2D eigenvalue weighted by atomic mass is 32.2. The van der Waals surface area contributed by atoms with Crippen LogP contribution < -0.4 is 5.32 Å². The third kappa shape index (κ3) is 3.43. The molecule has 0 radical (unpaired) electrons. The molecule has 10 heteroatoms. The van der Waals surface area contributed by atoms with Crippen molar-refractivity contribution >= 4 is 23.6 Å². The molecule has 5 aliphatic rings. The van der Waals surface area contributed by atoms with Crippen molar-refractivity contribution < 1.29 is 19.8 Å². The molecule has 5 aliphatic heterocycles. The minimum Gasteiger partial charge on any atom is -0.477 e. The van der Waals surface area contributed by atoms with Crippen molar-refractivity contribution in [3.63, 3.8) is 0 Å². The number of hydrazine groups is 1. The van der Waals surface area contributed by atoms with Gasteiger partial charge in [-0.15, -0.1) is 11.8 Å². The van der Waals surface area contributed by atoms with Crippen LogP contribution in [0, 0.1) is 11.8 Å². The predicted octanol–water partition coefficient (Wildman–Crippen LogP) is 0.313. The fraction of sp³-hybridized carbons (Fsp3) is 0.727. The monoisotopic (exact) mass is 463 g/mol. The molecule has 5 heterocycles. The number of aliphatic hydroxyl groups excluding tert-OH is 1. The van der Waals surface area contributed by atoms with Gasteiger partial charge in [-0.05, 0) is 25.8 Å². The van der Waals surface area contributed by atoms with Crippen molar-refractivity contribution in [3.05, 3.63) is 22.5 Å². The second-order valence-corrected chi connectivity index (χ2v) is 11.0. The zero-order chi connectivity index (χ0) is 22.7. The van der Waals surface area contributed by atoms with E-state index in [0.29, 0.717) is 6.04 Å². The van der Waals surface area contributed by atoms with Crippen molar-refractivity contribution in [1.82, 2.24) is 25.1 Å². The molecular formula is C22H33N5O4S. The zero-order valence-electron chi connectivity index (χ0n) is 18.9. The molecule has 0 unspecified atom stereocenters. The molecule has 0 aliphatic carbocycles. The summed E-state index contributed by atoms with van der Waals surface area (Å²) in [5.41, 5.74) is 0.128. The van der Waals surface area contributed by atoms with Gasteiger partial charge in [0.05, 0.1) is 18.1 Å². The molecule has 6 atom stereocenters. The SMILES string of the molecule is C[C@@H](O)[C@H]1C(=O)N2C(C(=O)O)=C(S[C@@H]3CN[C@H](CN4CCCN5C4=CCN5C)C3)[C@H](C)[C@H]12. The average Bonchev–Trinajstić information content (AvgIpc) is 3.40. The molecule has 3 N–H and O–H groups in total. The van der Waals surface area contributed by atoms with E-state index >= 15 is 0 Å². The highest BCUT2D eigenvalue weighted by Gasteiger charge is 2.60. The normalized spacial score (nSPS) is 35.8. The van der Waals surface area contributed by atoms with Gasteiger partial charge in [-0.1, -0.05) is 6.92 Å². The van der Waals surface area contributed by atoms with Gasteiger partial charge in [-0.2, -0.15) is 0 Å². The Morgan fingerprint density at radius 1 is 1.38 bits per heavy atom. The number of β-lactam (4-membered cyclic amide) rings is 1. The number of thioether (sulfide) groups is 1. The summed E-state index contributed by atoms with van der Waals surface area (Å²) in [7, 11) is 2.13. The second-order valence-electron chi connectivity index (χ2n) is 9.68. The predicted molar refractivity (Wildman–Crippen MR) is 121 cm³/mol. The van der Waals surface area contributed by atoms with E-state index < -0.39 is 18.0 Å². The summed E-state index contributed by atoms with van der Waals surface area (Å²) < 4.78 is 0. The van der Waals surface area contributed by atoms with Crippen LogP contribution in [0.2, 0.25) is 0 Å². The first-order valence-electron chi connectivity index (χ1n) is 11.6. The smallest absolute Gasteiger partial charge is 0.353 e. The Balaban J connectivity index is 1.25. The van der Waals surface area contributed by atoms with Gasteiger partial charge in [-0.25, -0.2) is 9.80 Å². The lowest BCUT2D eigenvalue weighted by Crippen LogP contribution is -2.63. The Morgan fingerprint density at radius 3 is 2.88 bits per heavy atom. The Labute approximate surface area is 193 Å². The number of carboxylic acids is 1. The van der Waals surface area contributed by atoms with Gasteiger partial charge in [0.2, 0.25) is 5.91 Å². The summed E-state index contributed by atoms with van der Waals surface area (Å²) in [5, 5.41) is 28.4. The number of hydrogen-bond donors (Lipinski definition) is 3. The quantitative estimate of drug-likeness (QED) is 0.481. The average molecular weight is 464 g/mol. The van der Waals surface area contributed by atoms with Crippen molar-refractivity contribution in [2.24, 2.45) is 11.8 Å².